The number of amides is 1. The molecule has 1 saturated heterocycles. The topological polar surface area (TPSA) is 78.1 Å². The molecule has 154 valence electrons. The summed E-state index contributed by atoms with van der Waals surface area (Å²) in [4.78, 5) is 26.8. The van der Waals surface area contributed by atoms with Gasteiger partial charge in [0.25, 0.3) is 5.56 Å². The van der Waals surface area contributed by atoms with Gasteiger partial charge in [-0.05, 0) is 30.2 Å². The quantitative estimate of drug-likeness (QED) is 0.528. The highest BCUT2D eigenvalue weighted by Gasteiger charge is 2.32. The number of carbonyl (C=O) groups excluding carboxylic acids is 1. The Morgan fingerprint density at radius 1 is 0.903 bits per heavy atom. The van der Waals surface area contributed by atoms with Gasteiger partial charge in [0.15, 0.2) is 0 Å². The lowest BCUT2D eigenvalue weighted by Crippen LogP contribution is -2.37. The first-order valence-corrected chi connectivity index (χ1v) is 10.4. The van der Waals surface area contributed by atoms with Gasteiger partial charge in [-0.2, -0.15) is 5.10 Å². The van der Waals surface area contributed by atoms with Crippen molar-refractivity contribution >= 4 is 22.4 Å². The number of benzene rings is 3. The molecular formula is C25H22N4O2. The van der Waals surface area contributed by atoms with Gasteiger partial charge in [0.05, 0.1) is 17.1 Å². The van der Waals surface area contributed by atoms with Gasteiger partial charge in [-0.15, -0.1) is 0 Å². The number of hydrogen-bond donors (Lipinski definition) is 2. The van der Waals surface area contributed by atoms with E-state index in [2.05, 4.69) is 27.6 Å². The third-order valence-electron chi connectivity index (χ3n) is 5.75. The van der Waals surface area contributed by atoms with Gasteiger partial charge in [-0.25, -0.2) is 5.10 Å². The number of fused-ring (bicyclic) bond motifs is 1. The normalized spacial score (nSPS) is 16.2. The average Bonchev–Trinajstić information content (AvgIpc) is 3.19. The molecule has 3 aromatic carbocycles. The van der Waals surface area contributed by atoms with Crippen LogP contribution in [0.25, 0.3) is 22.0 Å². The van der Waals surface area contributed by atoms with Crippen molar-refractivity contribution in [2.45, 2.75) is 19.0 Å². The molecule has 0 radical (unpaired) electrons. The fourth-order valence-corrected chi connectivity index (χ4v) is 4.10. The van der Waals surface area contributed by atoms with Crippen molar-refractivity contribution in [2.24, 2.45) is 0 Å². The van der Waals surface area contributed by atoms with Crippen molar-refractivity contribution in [3.8, 4) is 11.3 Å². The summed E-state index contributed by atoms with van der Waals surface area (Å²) in [5.41, 5.74) is 3.44. The van der Waals surface area contributed by atoms with E-state index in [1.54, 1.807) is 6.07 Å². The highest BCUT2D eigenvalue weighted by atomic mass is 16.2. The number of aromatic nitrogens is 2. The molecule has 31 heavy (non-hydrogen) atoms. The maximum absolute atomic E-state index is 12.9. The lowest BCUT2D eigenvalue weighted by molar-refractivity contribution is -0.118. The van der Waals surface area contributed by atoms with E-state index in [1.807, 2.05) is 65.6 Å². The van der Waals surface area contributed by atoms with E-state index in [1.165, 1.54) is 5.56 Å². The highest BCUT2D eigenvalue weighted by molar-refractivity contribution is 6.00. The first-order chi connectivity index (χ1) is 15.2. The number of H-pyrrole nitrogens is 1. The minimum Gasteiger partial charge on any atom is -0.311 e. The second-order valence-electron chi connectivity index (χ2n) is 7.69. The van der Waals surface area contributed by atoms with Crippen molar-refractivity contribution < 1.29 is 4.79 Å². The van der Waals surface area contributed by atoms with Crippen LogP contribution in [-0.4, -0.2) is 28.7 Å². The molecule has 0 spiro atoms. The molecule has 5 rings (SSSR count). The Labute approximate surface area is 179 Å². The zero-order valence-electron chi connectivity index (χ0n) is 16.9. The summed E-state index contributed by atoms with van der Waals surface area (Å²) in [5, 5.41) is 11.6. The number of anilines is 1. The molecule has 1 aromatic heterocycles. The van der Waals surface area contributed by atoms with Crippen LogP contribution in [0.3, 0.4) is 0 Å². The van der Waals surface area contributed by atoms with Crippen molar-refractivity contribution in [1.29, 1.82) is 0 Å². The lowest BCUT2D eigenvalue weighted by Gasteiger charge is -2.18. The second-order valence-corrected chi connectivity index (χ2v) is 7.69. The van der Waals surface area contributed by atoms with Gasteiger partial charge in [-0.1, -0.05) is 60.7 Å². The molecule has 1 unspecified atom stereocenters. The van der Waals surface area contributed by atoms with E-state index >= 15 is 0 Å². The summed E-state index contributed by atoms with van der Waals surface area (Å²) in [6.45, 7) is 1.36. The van der Waals surface area contributed by atoms with Crippen LogP contribution < -0.4 is 15.8 Å². The highest BCUT2D eigenvalue weighted by Crippen LogP contribution is 2.28. The molecule has 2 heterocycles. The van der Waals surface area contributed by atoms with Crippen LogP contribution in [0.15, 0.2) is 83.7 Å². The molecule has 1 atom stereocenters. The number of nitrogens with one attached hydrogen (secondary N) is 2. The number of carbonyl (C=O) groups is 1. The molecule has 0 aliphatic carbocycles. The van der Waals surface area contributed by atoms with E-state index in [0.29, 0.717) is 18.5 Å². The minimum absolute atomic E-state index is 0.0938. The molecule has 0 saturated carbocycles. The Morgan fingerprint density at radius 3 is 2.39 bits per heavy atom. The first kappa shape index (κ1) is 19.2. The second kappa shape index (κ2) is 8.16. The van der Waals surface area contributed by atoms with E-state index in [-0.39, 0.29) is 17.5 Å². The Morgan fingerprint density at radius 2 is 1.61 bits per heavy atom. The summed E-state index contributed by atoms with van der Waals surface area (Å²) in [7, 11) is 0. The summed E-state index contributed by atoms with van der Waals surface area (Å²) < 4.78 is 0. The summed E-state index contributed by atoms with van der Waals surface area (Å²) in [6.07, 6.45) is 0.777. The van der Waals surface area contributed by atoms with E-state index < -0.39 is 0 Å². The van der Waals surface area contributed by atoms with Gasteiger partial charge in [0, 0.05) is 29.7 Å². The number of rotatable bonds is 5. The van der Waals surface area contributed by atoms with Crippen molar-refractivity contribution in [1.82, 2.24) is 15.5 Å². The van der Waals surface area contributed by atoms with Gasteiger partial charge >= 0.3 is 0 Å². The standard InChI is InChI=1S/C25H22N4O2/c30-24-21-9-5-4-8-20(21)23(27-28-24)18-10-12-19(13-11-18)29-15-14-22(25(29)31)26-16-17-6-2-1-3-7-17/h1-13,22,26H,14-16H2,(H,28,30). The van der Waals surface area contributed by atoms with E-state index in [0.717, 1.165) is 28.8 Å². The van der Waals surface area contributed by atoms with Crippen molar-refractivity contribution in [2.75, 3.05) is 11.4 Å². The summed E-state index contributed by atoms with van der Waals surface area (Å²) in [6, 6.07) is 25.1. The molecule has 2 N–H and O–H groups in total. The van der Waals surface area contributed by atoms with Gasteiger partial charge in [0.1, 0.15) is 0 Å². The number of hydrogen-bond acceptors (Lipinski definition) is 4. The Bertz CT molecular complexity index is 1280. The van der Waals surface area contributed by atoms with Crippen molar-refractivity contribution in [3.63, 3.8) is 0 Å². The molecule has 1 aliphatic rings. The zero-order chi connectivity index (χ0) is 21.2. The van der Waals surface area contributed by atoms with Crippen LogP contribution in [0.1, 0.15) is 12.0 Å². The van der Waals surface area contributed by atoms with Crippen LogP contribution in [0.5, 0.6) is 0 Å². The third-order valence-corrected chi connectivity index (χ3v) is 5.75. The molecule has 4 aromatic rings. The smallest absolute Gasteiger partial charge is 0.272 e. The fraction of sp³-hybridized carbons (Fsp3) is 0.160. The fourth-order valence-electron chi connectivity index (χ4n) is 4.10. The Kier molecular flexibility index (Phi) is 5.06. The zero-order valence-corrected chi connectivity index (χ0v) is 16.9. The largest absolute Gasteiger partial charge is 0.311 e. The number of nitrogens with zero attached hydrogens (tertiary/aromatic N) is 2. The predicted molar refractivity (Wildman–Crippen MR) is 122 cm³/mol. The van der Waals surface area contributed by atoms with Gasteiger partial charge < -0.3 is 10.2 Å². The lowest BCUT2D eigenvalue weighted by atomic mass is 10.0. The first-order valence-electron chi connectivity index (χ1n) is 10.4. The van der Waals surface area contributed by atoms with Crippen LogP contribution in [0.4, 0.5) is 5.69 Å². The molecule has 1 amide bonds. The predicted octanol–water partition coefficient (Wildman–Crippen LogP) is 3.49. The Hall–Kier alpha value is -3.77. The van der Waals surface area contributed by atoms with Gasteiger partial charge in [-0.3, -0.25) is 9.59 Å². The average molecular weight is 410 g/mol. The molecular weight excluding hydrogens is 388 g/mol. The molecule has 1 aliphatic heterocycles. The maximum atomic E-state index is 12.9. The van der Waals surface area contributed by atoms with E-state index in [9.17, 15) is 9.59 Å². The van der Waals surface area contributed by atoms with E-state index in [4.69, 9.17) is 0 Å². The molecule has 0 bridgehead atoms. The molecule has 1 fully saturated rings. The van der Waals surface area contributed by atoms with Gasteiger partial charge in [0.2, 0.25) is 5.91 Å². The minimum atomic E-state index is -0.201. The Balaban J connectivity index is 1.33. The van der Waals surface area contributed by atoms with Crippen LogP contribution >= 0.6 is 0 Å². The SMILES string of the molecule is O=C1C(NCc2ccccc2)CCN1c1ccc(-c2n[nH]c(=O)c3ccccc23)cc1. The number of aromatic amines is 1. The van der Waals surface area contributed by atoms with Crippen molar-refractivity contribution in [3.05, 3.63) is 94.8 Å². The van der Waals surface area contributed by atoms with Crippen LogP contribution in [0.2, 0.25) is 0 Å². The molecule has 6 nitrogen and oxygen atoms in total. The maximum Gasteiger partial charge on any atom is 0.272 e. The third kappa shape index (κ3) is 3.73. The summed E-state index contributed by atoms with van der Waals surface area (Å²) in [5.74, 6) is 0.0938. The monoisotopic (exact) mass is 410 g/mol. The van der Waals surface area contributed by atoms with Crippen LogP contribution in [0, 0.1) is 0 Å². The summed E-state index contributed by atoms with van der Waals surface area (Å²) >= 11 is 0. The molecule has 6 heteroatoms. The van der Waals surface area contributed by atoms with Crippen LogP contribution in [-0.2, 0) is 11.3 Å².